The first kappa shape index (κ1) is 30.9. The van der Waals surface area contributed by atoms with Gasteiger partial charge in [0.2, 0.25) is 0 Å². The Hall–Kier alpha value is -2.28. The lowest BCUT2D eigenvalue weighted by Gasteiger charge is -2.36. The van der Waals surface area contributed by atoms with Crippen LogP contribution in [-0.2, 0) is 15.0 Å². The Kier molecular flexibility index (Phi) is 13.9. The fourth-order valence-corrected chi connectivity index (χ4v) is 3.67. The minimum Gasteiger partial charge on any atom is -0.547 e. The highest BCUT2D eigenvalue weighted by atomic mass is 16.5. The molecule has 31 heavy (non-hydrogen) atoms. The molecule has 9 N–H and O–H groups in total. The highest BCUT2D eigenvalue weighted by Gasteiger charge is 2.42. The summed E-state index contributed by atoms with van der Waals surface area (Å²) in [5.74, 6) is -2.95. The summed E-state index contributed by atoms with van der Waals surface area (Å²) in [4.78, 5) is 20.9. The van der Waals surface area contributed by atoms with E-state index in [0.29, 0.717) is 0 Å². The average Bonchev–Trinajstić information content (AvgIpc) is 2.85. The van der Waals surface area contributed by atoms with Crippen LogP contribution in [0.3, 0.4) is 0 Å². The third kappa shape index (κ3) is 8.05. The van der Waals surface area contributed by atoms with Crippen molar-refractivity contribution in [1.29, 1.82) is 0 Å². The summed E-state index contributed by atoms with van der Waals surface area (Å²) in [6.45, 7) is 4.31. The van der Waals surface area contributed by atoms with Gasteiger partial charge in [-0.25, -0.2) is 4.79 Å². The molecule has 0 amide bonds. The Bertz CT molecular complexity index is 668. The van der Waals surface area contributed by atoms with Crippen molar-refractivity contribution in [1.82, 2.24) is 0 Å². The lowest BCUT2D eigenvalue weighted by Crippen LogP contribution is -3.10. The lowest BCUT2D eigenvalue weighted by molar-refractivity contribution is -0.883. The smallest absolute Gasteiger partial charge is 0.335 e. The van der Waals surface area contributed by atoms with Gasteiger partial charge in [-0.2, -0.15) is 0 Å². The standard InChI is InChI=1S/C16H25NO2.C4H6O6.2H2O/c1-4-16(12-17(2)10-6-9-15(16)18)13-7-5-8-14(11-13)19-3;5-1(3(7)8)2(6)4(9)10;;/h5,7-8,11,15,18H,4,6,9-10,12H2,1-3H3;1-2,5-6H,(H,7,8)(H,9,10);2*1H2/t15-,16+;1-,2-;;/m00../s1. The Morgan fingerprint density at radius 3 is 2.35 bits per heavy atom. The van der Waals surface area contributed by atoms with Crippen molar-refractivity contribution in [3.63, 3.8) is 0 Å². The first-order valence-electron chi connectivity index (χ1n) is 9.52. The van der Waals surface area contributed by atoms with Crippen LogP contribution in [0.1, 0.15) is 31.7 Å². The molecule has 0 radical (unpaired) electrons. The zero-order valence-corrected chi connectivity index (χ0v) is 18.0. The number of carbonyl (C=O) groups is 2. The lowest BCUT2D eigenvalue weighted by atomic mass is 9.72. The van der Waals surface area contributed by atoms with Gasteiger partial charge in [0.1, 0.15) is 11.9 Å². The molecule has 0 spiro atoms. The maximum absolute atomic E-state index is 10.7. The van der Waals surface area contributed by atoms with Crippen molar-refractivity contribution < 1.29 is 55.7 Å². The van der Waals surface area contributed by atoms with E-state index in [0.717, 1.165) is 38.1 Å². The van der Waals surface area contributed by atoms with E-state index < -0.39 is 24.1 Å². The molecule has 1 saturated heterocycles. The Morgan fingerprint density at radius 1 is 1.29 bits per heavy atom. The molecule has 11 heteroatoms. The Labute approximate surface area is 181 Å². The molecule has 0 aromatic heterocycles. The van der Waals surface area contributed by atoms with Crippen LogP contribution in [0.2, 0.25) is 0 Å². The zero-order valence-electron chi connectivity index (χ0n) is 18.0. The number of carboxylic acids is 2. The number of hydrogen-bond donors (Lipinski definition) is 5. The molecule has 0 aliphatic carbocycles. The summed E-state index contributed by atoms with van der Waals surface area (Å²) in [7, 11) is 3.92. The highest BCUT2D eigenvalue weighted by molar-refractivity contribution is 5.82. The minimum absolute atomic E-state index is 0. The van der Waals surface area contributed by atoms with Crippen LogP contribution < -0.4 is 14.7 Å². The molecule has 1 heterocycles. The first-order chi connectivity index (χ1) is 13.6. The molecule has 1 unspecified atom stereocenters. The zero-order chi connectivity index (χ0) is 22.2. The molecule has 1 aromatic carbocycles. The maximum atomic E-state index is 10.7. The third-order valence-corrected chi connectivity index (χ3v) is 5.41. The Morgan fingerprint density at radius 2 is 1.90 bits per heavy atom. The molecule has 5 atom stereocenters. The number of quaternary nitrogens is 1. The predicted octanol–water partition coefficient (Wildman–Crippen LogP) is -4.09. The summed E-state index contributed by atoms with van der Waals surface area (Å²) < 4.78 is 5.34. The first-order valence-corrected chi connectivity index (χ1v) is 9.52. The van der Waals surface area contributed by atoms with E-state index in [1.54, 1.807) is 7.11 Å². The van der Waals surface area contributed by atoms with E-state index >= 15 is 0 Å². The van der Waals surface area contributed by atoms with Crippen molar-refractivity contribution in [2.75, 3.05) is 27.2 Å². The van der Waals surface area contributed by atoms with Crippen LogP contribution >= 0.6 is 0 Å². The molecule has 1 aromatic rings. The number of ether oxygens (including phenoxy) is 1. The molecule has 0 bridgehead atoms. The van der Waals surface area contributed by atoms with Gasteiger partial charge in [0.05, 0.1) is 44.7 Å². The molecular weight excluding hydrogens is 414 g/mol. The van der Waals surface area contributed by atoms with Gasteiger partial charge in [0, 0.05) is 0 Å². The number of likely N-dealkylation sites (N-methyl/N-ethyl adjacent to an activating group) is 1. The van der Waals surface area contributed by atoms with Crippen molar-refractivity contribution in [3.8, 4) is 5.75 Å². The van der Waals surface area contributed by atoms with E-state index in [1.807, 2.05) is 12.1 Å². The van der Waals surface area contributed by atoms with Crippen LogP contribution in [0.25, 0.3) is 0 Å². The molecular formula is C20H35NO10. The number of likely N-dealkylation sites (tertiary alicyclic amines) is 1. The van der Waals surface area contributed by atoms with E-state index in [2.05, 4.69) is 26.1 Å². The largest absolute Gasteiger partial charge is 0.547 e. The third-order valence-electron chi connectivity index (χ3n) is 5.41. The topological polar surface area (TPSA) is 215 Å². The summed E-state index contributed by atoms with van der Waals surface area (Å²) >= 11 is 0. The van der Waals surface area contributed by atoms with E-state index in [1.165, 1.54) is 10.5 Å². The van der Waals surface area contributed by atoms with Gasteiger partial charge >= 0.3 is 5.97 Å². The van der Waals surface area contributed by atoms with Crippen molar-refractivity contribution in [2.45, 2.75) is 49.9 Å². The molecule has 2 rings (SSSR count). The number of rotatable bonds is 6. The van der Waals surface area contributed by atoms with E-state index in [4.69, 9.17) is 20.1 Å². The number of carbonyl (C=O) groups excluding carboxylic acids is 1. The number of methoxy groups -OCH3 is 1. The monoisotopic (exact) mass is 449 g/mol. The van der Waals surface area contributed by atoms with Gasteiger partial charge in [0.15, 0.2) is 6.10 Å². The molecule has 0 saturated carbocycles. The fraction of sp³-hybridized carbons (Fsp3) is 0.600. The Balaban J connectivity index is 0. The van der Waals surface area contributed by atoms with Crippen LogP contribution in [0.5, 0.6) is 5.75 Å². The maximum Gasteiger partial charge on any atom is 0.335 e. The average molecular weight is 449 g/mol. The van der Waals surface area contributed by atoms with Gasteiger partial charge in [-0.05, 0) is 37.0 Å². The summed E-state index contributed by atoms with van der Waals surface area (Å²) in [5, 5.41) is 44.8. The van der Waals surface area contributed by atoms with Crippen molar-refractivity contribution in [3.05, 3.63) is 29.8 Å². The normalized spacial score (nSPS) is 24.6. The predicted molar refractivity (Wildman–Crippen MR) is 109 cm³/mol. The number of hydrogen-bond acceptors (Lipinski definition) is 7. The summed E-state index contributed by atoms with van der Waals surface area (Å²) in [5.41, 5.74) is 1.07. The molecule has 1 fully saturated rings. The van der Waals surface area contributed by atoms with Crippen LogP contribution in [-0.4, -0.2) is 88.9 Å². The van der Waals surface area contributed by atoms with E-state index in [-0.39, 0.29) is 22.5 Å². The summed E-state index contributed by atoms with van der Waals surface area (Å²) in [6.07, 6.45) is -2.02. The second kappa shape index (κ2) is 13.9. The van der Waals surface area contributed by atoms with Crippen LogP contribution in [0.15, 0.2) is 24.3 Å². The number of nitrogens with one attached hydrogen (secondary N) is 1. The number of aliphatic hydroxyl groups is 3. The number of carboxylic acid groups (broad SMARTS) is 2. The number of aliphatic carboxylic acids is 2. The van der Waals surface area contributed by atoms with Gasteiger partial charge in [0.25, 0.3) is 0 Å². The summed E-state index contributed by atoms with van der Waals surface area (Å²) in [6, 6.07) is 8.21. The number of benzene rings is 1. The van der Waals surface area contributed by atoms with Crippen LogP contribution in [0, 0.1) is 0 Å². The van der Waals surface area contributed by atoms with Gasteiger partial charge < -0.3 is 50.9 Å². The van der Waals surface area contributed by atoms with Crippen LogP contribution in [0.4, 0.5) is 0 Å². The minimum atomic E-state index is -2.38. The highest BCUT2D eigenvalue weighted by Crippen LogP contribution is 2.35. The SMILES string of the molecule is CC[C@]1(c2cccc(OC)c2)C[NH+](C)CCC[C@@H]1O.O.O.O=C([O-])[C@@H](O)[C@H](O)C(=O)O. The van der Waals surface area contributed by atoms with E-state index in [9.17, 15) is 19.8 Å². The molecule has 11 nitrogen and oxygen atoms in total. The van der Waals surface area contributed by atoms with Crippen molar-refractivity contribution >= 4 is 11.9 Å². The molecule has 1 aliphatic heterocycles. The van der Waals surface area contributed by atoms with Gasteiger partial charge in [-0.3, -0.25) is 0 Å². The van der Waals surface area contributed by atoms with Gasteiger partial charge in [-0.15, -0.1) is 0 Å². The quantitative estimate of drug-likeness (QED) is 0.287. The van der Waals surface area contributed by atoms with Gasteiger partial charge in [-0.1, -0.05) is 19.1 Å². The second-order valence-electron chi connectivity index (χ2n) is 7.33. The molecule has 1 aliphatic rings. The number of aliphatic hydroxyl groups excluding tert-OH is 3. The van der Waals surface area contributed by atoms with Crippen molar-refractivity contribution in [2.24, 2.45) is 0 Å². The fourth-order valence-electron chi connectivity index (χ4n) is 3.67. The second-order valence-corrected chi connectivity index (χ2v) is 7.33. The molecule has 180 valence electrons.